The Hall–Kier alpha value is -3.88. The van der Waals surface area contributed by atoms with Gasteiger partial charge in [-0.2, -0.15) is 0 Å². The van der Waals surface area contributed by atoms with Gasteiger partial charge in [0.05, 0.1) is 11.3 Å². The topological polar surface area (TPSA) is 109 Å². The monoisotopic (exact) mass is 366 g/mol. The molecule has 2 heterocycles. The summed E-state index contributed by atoms with van der Waals surface area (Å²) in [4.78, 5) is 27.3. The molecule has 0 atom stereocenters. The Kier molecular flexibility index (Phi) is 4.17. The number of nitro benzene ring substituents is 1. The number of benzene rings is 2. The first-order chi connectivity index (χ1) is 13.1. The third-order valence-electron chi connectivity index (χ3n) is 4.02. The normalized spacial score (nSPS) is 12.4. The molecule has 9 nitrogen and oxygen atoms in total. The van der Waals surface area contributed by atoms with Crippen molar-refractivity contribution >= 4 is 17.3 Å². The van der Waals surface area contributed by atoms with Crippen molar-refractivity contribution < 1.29 is 19.2 Å². The number of nitrogens with zero attached hydrogens (tertiary/aromatic N) is 3. The van der Waals surface area contributed by atoms with E-state index in [4.69, 9.17) is 9.47 Å². The van der Waals surface area contributed by atoms with Gasteiger partial charge in [0.15, 0.2) is 11.5 Å². The van der Waals surface area contributed by atoms with Crippen LogP contribution in [0.15, 0.2) is 55.1 Å². The minimum atomic E-state index is -0.532. The number of nitro groups is 1. The maximum absolute atomic E-state index is 12.5. The first-order valence-electron chi connectivity index (χ1n) is 8.09. The molecule has 27 heavy (non-hydrogen) atoms. The zero-order chi connectivity index (χ0) is 18.8. The molecule has 0 saturated carbocycles. The number of hydrogen-bond donors (Lipinski definition) is 1. The molecule has 1 N–H and O–H groups in total. The van der Waals surface area contributed by atoms with Crippen LogP contribution < -0.4 is 14.8 Å². The zero-order valence-electron chi connectivity index (χ0n) is 14.0. The van der Waals surface area contributed by atoms with Crippen LogP contribution in [0.3, 0.4) is 0 Å². The smallest absolute Gasteiger partial charge is 0.294 e. The predicted octanol–water partition coefficient (Wildman–Crippen LogP) is 2.80. The molecule has 0 spiro atoms. The molecule has 0 fully saturated rings. The molecule has 1 aliphatic rings. The van der Waals surface area contributed by atoms with E-state index < -0.39 is 10.8 Å². The SMILES string of the molecule is O=C(Nc1ccc2c(c1)OCCO2)c1ccc(-n2ccnc2)c([N+](=O)[O-])c1. The standard InChI is InChI=1S/C18H14N4O5/c23-18(20-13-2-4-16-17(10-13)27-8-7-26-16)12-1-3-14(15(9-12)22(24)25)21-6-5-19-11-21/h1-6,9-11H,7-8H2,(H,20,23). The molecular formula is C18H14N4O5. The van der Waals surface area contributed by atoms with Crippen molar-refractivity contribution in [3.05, 3.63) is 70.8 Å². The molecule has 136 valence electrons. The molecule has 3 aromatic rings. The van der Waals surface area contributed by atoms with Crippen LogP contribution in [0, 0.1) is 10.1 Å². The summed E-state index contributed by atoms with van der Waals surface area (Å²) >= 11 is 0. The molecule has 1 aliphatic heterocycles. The van der Waals surface area contributed by atoms with Gasteiger partial charge in [0.1, 0.15) is 18.9 Å². The molecule has 9 heteroatoms. The summed E-state index contributed by atoms with van der Waals surface area (Å²) in [6.45, 7) is 0.915. The third kappa shape index (κ3) is 3.30. The second kappa shape index (κ2) is 6.79. The number of fused-ring (bicyclic) bond motifs is 1. The number of anilines is 1. The van der Waals surface area contributed by atoms with Crippen molar-refractivity contribution in [2.24, 2.45) is 0 Å². The van der Waals surface area contributed by atoms with E-state index in [1.807, 2.05) is 0 Å². The van der Waals surface area contributed by atoms with Gasteiger partial charge >= 0.3 is 0 Å². The lowest BCUT2D eigenvalue weighted by atomic mass is 10.1. The molecule has 0 aliphatic carbocycles. The van der Waals surface area contributed by atoms with E-state index in [0.717, 1.165) is 0 Å². The van der Waals surface area contributed by atoms with Gasteiger partial charge in [0.25, 0.3) is 11.6 Å². The second-order valence-corrected chi connectivity index (χ2v) is 5.74. The quantitative estimate of drug-likeness (QED) is 0.562. The lowest BCUT2D eigenvalue weighted by Crippen LogP contribution is -2.16. The van der Waals surface area contributed by atoms with Crippen LogP contribution in [0.1, 0.15) is 10.4 Å². The molecule has 2 aromatic carbocycles. The first kappa shape index (κ1) is 16.6. The Labute approximate surface area is 153 Å². The Morgan fingerprint density at radius 2 is 1.96 bits per heavy atom. The van der Waals surface area contributed by atoms with Gasteiger partial charge in [-0.15, -0.1) is 0 Å². The van der Waals surface area contributed by atoms with Crippen molar-refractivity contribution in [2.75, 3.05) is 18.5 Å². The van der Waals surface area contributed by atoms with Gasteiger partial charge in [0, 0.05) is 35.8 Å². The maximum atomic E-state index is 12.5. The van der Waals surface area contributed by atoms with Gasteiger partial charge in [-0.25, -0.2) is 4.98 Å². The van der Waals surface area contributed by atoms with Crippen LogP contribution in [-0.4, -0.2) is 33.6 Å². The summed E-state index contributed by atoms with van der Waals surface area (Å²) in [6, 6.07) is 9.31. The number of carbonyl (C=O) groups excluding carboxylic acids is 1. The van der Waals surface area contributed by atoms with Crippen LogP contribution in [0.5, 0.6) is 11.5 Å². The van der Waals surface area contributed by atoms with Crippen molar-refractivity contribution in [3.8, 4) is 17.2 Å². The molecule has 0 saturated heterocycles. The Bertz CT molecular complexity index is 1020. The third-order valence-corrected chi connectivity index (χ3v) is 4.02. The number of nitrogens with one attached hydrogen (secondary N) is 1. The molecule has 0 bridgehead atoms. The first-order valence-corrected chi connectivity index (χ1v) is 8.09. The maximum Gasteiger partial charge on any atom is 0.294 e. The van der Waals surface area contributed by atoms with Gasteiger partial charge in [-0.1, -0.05) is 0 Å². The number of imidazole rings is 1. The van der Waals surface area contributed by atoms with Crippen molar-refractivity contribution in [1.29, 1.82) is 0 Å². The van der Waals surface area contributed by atoms with E-state index in [2.05, 4.69) is 10.3 Å². The van der Waals surface area contributed by atoms with Gasteiger partial charge in [-0.05, 0) is 24.3 Å². The summed E-state index contributed by atoms with van der Waals surface area (Å²) in [5.74, 6) is 0.687. The molecule has 0 unspecified atom stereocenters. The van der Waals surface area contributed by atoms with Crippen molar-refractivity contribution in [3.63, 3.8) is 0 Å². The summed E-state index contributed by atoms with van der Waals surface area (Å²) < 4.78 is 12.4. The number of hydrogen-bond acceptors (Lipinski definition) is 6. The fourth-order valence-electron chi connectivity index (χ4n) is 2.76. The van der Waals surface area contributed by atoms with Crippen molar-refractivity contribution in [1.82, 2.24) is 9.55 Å². The number of ether oxygens (including phenoxy) is 2. The average Bonchev–Trinajstić information content (AvgIpc) is 3.22. The predicted molar refractivity (Wildman–Crippen MR) is 95.6 cm³/mol. The summed E-state index contributed by atoms with van der Waals surface area (Å²) in [5.41, 5.74) is 0.808. The van der Waals surface area contributed by atoms with Crippen LogP contribution in [-0.2, 0) is 0 Å². The van der Waals surface area contributed by atoms with E-state index >= 15 is 0 Å². The van der Waals surface area contributed by atoms with E-state index in [0.29, 0.717) is 36.1 Å². The van der Waals surface area contributed by atoms with Crippen LogP contribution >= 0.6 is 0 Å². The molecule has 0 radical (unpaired) electrons. The Balaban J connectivity index is 1.60. The van der Waals surface area contributed by atoms with Gasteiger partial charge < -0.3 is 19.4 Å². The summed E-state index contributed by atoms with van der Waals surface area (Å²) in [7, 11) is 0. The van der Waals surface area contributed by atoms with Gasteiger partial charge in [0.2, 0.25) is 0 Å². The molecule has 1 aromatic heterocycles. The fraction of sp³-hybridized carbons (Fsp3) is 0.111. The average molecular weight is 366 g/mol. The lowest BCUT2D eigenvalue weighted by Gasteiger charge is -2.19. The summed E-state index contributed by atoms with van der Waals surface area (Å²) in [5, 5.41) is 14.1. The van der Waals surface area contributed by atoms with Crippen molar-refractivity contribution in [2.45, 2.75) is 0 Å². The van der Waals surface area contributed by atoms with Crippen LogP contribution in [0.2, 0.25) is 0 Å². The number of rotatable bonds is 4. The van der Waals surface area contributed by atoms with E-state index in [1.165, 1.54) is 35.3 Å². The molecular weight excluding hydrogens is 352 g/mol. The van der Waals surface area contributed by atoms with Crippen LogP contribution in [0.25, 0.3) is 5.69 Å². The highest BCUT2D eigenvalue weighted by Gasteiger charge is 2.19. The highest BCUT2D eigenvalue weighted by molar-refractivity contribution is 6.05. The highest BCUT2D eigenvalue weighted by atomic mass is 16.6. The number of amides is 1. The van der Waals surface area contributed by atoms with E-state index in [-0.39, 0.29) is 11.3 Å². The molecule has 1 amide bonds. The minimum absolute atomic E-state index is 0.167. The zero-order valence-corrected chi connectivity index (χ0v) is 14.0. The summed E-state index contributed by atoms with van der Waals surface area (Å²) in [6.07, 6.45) is 4.57. The van der Waals surface area contributed by atoms with Crippen LogP contribution in [0.4, 0.5) is 11.4 Å². The largest absolute Gasteiger partial charge is 0.486 e. The highest BCUT2D eigenvalue weighted by Crippen LogP contribution is 2.33. The minimum Gasteiger partial charge on any atom is -0.486 e. The molecule has 4 rings (SSSR count). The second-order valence-electron chi connectivity index (χ2n) is 5.74. The fourth-order valence-corrected chi connectivity index (χ4v) is 2.76. The van der Waals surface area contributed by atoms with Gasteiger partial charge in [-0.3, -0.25) is 14.9 Å². The Morgan fingerprint density at radius 1 is 1.15 bits per heavy atom. The van der Waals surface area contributed by atoms with E-state index in [9.17, 15) is 14.9 Å². The number of carbonyl (C=O) groups is 1. The van der Waals surface area contributed by atoms with E-state index in [1.54, 1.807) is 24.4 Å². The number of aromatic nitrogens is 2. The lowest BCUT2D eigenvalue weighted by molar-refractivity contribution is -0.384. The Morgan fingerprint density at radius 3 is 2.70 bits per heavy atom.